The fourth-order valence-corrected chi connectivity index (χ4v) is 3.41. The van der Waals surface area contributed by atoms with E-state index in [1.165, 1.54) is 12.1 Å². The maximum atomic E-state index is 12.7. The molecule has 1 aliphatic rings. The van der Waals surface area contributed by atoms with Gasteiger partial charge in [-0.3, -0.25) is 4.90 Å². The van der Waals surface area contributed by atoms with E-state index in [2.05, 4.69) is 6.58 Å². The number of hydrogen-bond donors (Lipinski definition) is 2. The number of benzene rings is 1. The molecular formula is C17H22F3NO2. The van der Waals surface area contributed by atoms with Crippen molar-refractivity contribution in [1.82, 2.24) is 4.90 Å². The molecule has 2 rings (SSSR count). The second kappa shape index (κ2) is 6.63. The third kappa shape index (κ3) is 3.76. The van der Waals surface area contributed by atoms with E-state index < -0.39 is 17.3 Å². The van der Waals surface area contributed by atoms with E-state index in [0.29, 0.717) is 18.5 Å². The minimum Gasteiger partial charge on any atom is -0.395 e. The molecule has 0 saturated carbocycles. The molecular weight excluding hydrogens is 307 g/mol. The first-order chi connectivity index (χ1) is 10.7. The molecule has 0 amide bonds. The highest BCUT2D eigenvalue weighted by Gasteiger charge is 2.42. The molecule has 2 N–H and O–H groups in total. The number of aliphatic hydroxyl groups is 2. The summed E-state index contributed by atoms with van der Waals surface area (Å²) in [6.07, 6.45) is -1.99. The fourth-order valence-electron chi connectivity index (χ4n) is 3.41. The lowest BCUT2D eigenvalue weighted by Crippen LogP contribution is -2.54. The molecule has 0 aromatic heterocycles. The Hall–Kier alpha value is -1.37. The van der Waals surface area contributed by atoms with E-state index in [1.54, 1.807) is 6.08 Å². The van der Waals surface area contributed by atoms with Gasteiger partial charge in [0.15, 0.2) is 0 Å². The minimum atomic E-state index is -4.39. The molecule has 0 radical (unpaired) electrons. The van der Waals surface area contributed by atoms with Crippen LogP contribution in [0.2, 0.25) is 0 Å². The summed E-state index contributed by atoms with van der Waals surface area (Å²) in [6.45, 7) is 6.09. The van der Waals surface area contributed by atoms with Crippen molar-refractivity contribution >= 4 is 0 Å². The molecule has 0 aliphatic carbocycles. The van der Waals surface area contributed by atoms with E-state index in [9.17, 15) is 23.4 Å². The summed E-state index contributed by atoms with van der Waals surface area (Å²) in [6, 6.07) is 4.35. The first kappa shape index (κ1) is 18.0. The van der Waals surface area contributed by atoms with Crippen molar-refractivity contribution in [1.29, 1.82) is 0 Å². The van der Waals surface area contributed by atoms with Crippen LogP contribution in [-0.2, 0) is 11.8 Å². The third-order valence-electron chi connectivity index (χ3n) is 4.54. The van der Waals surface area contributed by atoms with Crippen molar-refractivity contribution in [3.63, 3.8) is 0 Å². The summed E-state index contributed by atoms with van der Waals surface area (Å²) in [5.74, 6) is 0. The maximum absolute atomic E-state index is 12.7. The summed E-state index contributed by atoms with van der Waals surface area (Å²) in [4.78, 5) is 2.05. The van der Waals surface area contributed by atoms with Crippen LogP contribution < -0.4 is 0 Å². The summed E-state index contributed by atoms with van der Waals surface area (Å²) < 4.78 is 38.0. The molecule has 3 atom stereocenters. The van der Waals surface area contributed by atoms with Gasteiger partial charge in [0, 0.05) is 18.6 Å². The maximum Gasteiger partial charge on any atom is 0.416 e. The Balaban J connectivity index is 2.26. The normalized spacial score (nSPS) is 29.5. The molecule has 1 aromatic rings. The zero-order valence-electron chi connectivity index (χ0n) is 13.1. The molecule has 0 bridgehead atoms. The van der Waals surface area contributed by atoms with Crippen molar-refractivity contribution in [2.45, 2.75) is 43.6 Å². The number of rotatable bonds is 4. The average Bonchev–Trinajstić information content (AvgIpc) is 2.49. The van der Waals surface area contributed by atoms with Crippen LogP contribution in [0.25, 0.3) is 0 Å². The van der Waals surface area contributed by atoms with E-state index >= 15 is 0 Å². The zero-order valence-corrected chi connectivity index (χ0v) is 13.1. The molecule has 0 unspecified atom stereocenters. The van der Waals surface area contributed by atoms with Gasteiger partial charge in [0.05, 0.1) is 17.8 Å². The highest BCUT2D eigenvalue weighted by molar-refractivity contribution is 5.30. The molecule has 128 valence electrons. The van der Waals surface area contributed by atoms with Gasteiger partial charge in [-0.05, 0) is 37.5 Å². The Bertz CT molecular complexity index is 544. The van der Waals surface area contributed by atoms with Crippen LogP contribution in [0.5, 0.6) is 0 Å². The van der Waals surface area contributed by atoms with E-state index in [1.807, 2.05) is 11.8 Å². The lowest BCUT2D eigenvalue weighted by Gasteiger charge is -2.47. The molecule has 1 aliphatic heterocycles. The number of hydrogen-bond acceptors (Lipinski definition) is 3. The van der Waals surface area contributed by atoms with Crippen molar-refractivity contribution in [2.24, 2.45) is 0 Å². The molecule has 6 heteroatoms. The molecule has 0 spiro atoms. The fraction of sp³-hybridized carbons (Fsp3) is 0.529. The van der Waals surface area contributed by atoms with Gasteiger partial charge in [0.25, 0.3) is 0 Å². The molecule has 1 heterocycles. The van der Waals surface area contributed by atoms with Crippen LogP contribution in [0.3, 0.4) is 0 Å². The number of piperidine rings is 1. The van der Waals surface area contributed by atoms with Crippen LogP contribution in [0.4, 0.5) is 13.2 Å². The molecule has 3 nitrogen and oxygen atoms in total. The summed E-state index contributed by atoms with van der Waals surface area (Å²) in [5.41, 5.74) is -1.52. The number of alkyl halides is 3. The Kier molecular flexibility index (Phi) is 5.18. The van der Waals surface area contributed by atoms with E-state index in [-0.39, 0.29) is 25.1 Å². The second-order valence-corrected chi connectivity index (χ2v) is 6.19. The monoisotopic (exact) mass is 329 g/mol. The number of nitrogens with zero attached hydrogens (tertiary/aromatic N) is 1. The largest absolute Gasteiger partial charge is 0.416 e. The van der Waals surface area contributed by atoms with E-state index in [4.69, 9.17) is 0 Å². The number of halogens is 3. The standard InChI is InChI=1S/C17H22F3NO2/c1-3-8-21-12(2)9-16(23,10-15(21)11-22)13-4-6-14(7-5-13)17(18,19)20/h3-7,12,15,22-23H,1,8-11H2,2H3/t12-,15-,16-/m0/s1. The topological polar surface area (TPSA) is 43.7 Å². The second-order valence-electron chi connectivity index (χ2n) is 6.19. The first-order valence-corrected chi connectivity index (χ1v) is 7.59. The highest BCUT2D eigenvalue weighted by atomic mass is 19.4. The smallest absolute Gasteiger partial charge is 0.395 e. The van der Waals surface area contributed by atoms with Crippen LogP contribution in [0.1, 0.15) is 30.9 Å². The van der Waals surface area contributed by atoms with Crippen molar-refractivity contribution < 1.29 is 23.4 Å². The average molecular weight is 329 g/mol. The molecule has 1 saturated heterocycles. The summed E-state index contributed by atoms with van der Waals surface area (Å²) in [7, 11) is 0. The predicted molar refractivity (Wildman–Crippen MR) is 81.8 cm³/mol. The van der Waals surface area contributed by atoms with Crippen molar-refractivity contribution in [3.8, 4) is 0 Å². The van der Waals surface area contributed by atoms with Crippen LogP contribution in [-0.4, -0.2) is 40.3 Å². The van der Waals surface area contributed by atoms with Gasteiger partial charge < -0.3 is 10.2 Å². The lowest BCUT2D eigenvalue weighted by atomic mass is 9.77. The summed E-state index contributed by atoms with van der Waals surface area (Å²) >= 11 is 0. The first-order valence-electron chi connectivity index (χ1n) is 7.59. The predicted octanol–water partition coefficient (Wildman–Crippen LogP) is 2.92. The van der Waals surface area contributed by atoms with Gasteiger partial charge >= 0.3 is 6.18 Å². The Morgan fingerprint density at radius 1 is 1.30 bits per heavy atom. The van der Waals surface area contributed by atoms with Crippen LogP contribution in [0, 0.1) is 0 Å². The molecule has 1 fully saturated rings. The highest BCUT2D eigenvalue weighted by Crippen LogP contribution is 2.39. The third-order valence-corrected chi connectivity index (χ3v) is 4.54. The molecule has 23 heavy (non-hydrogen) atoms. The van der Waals surface area contributed by atoms with Gasteiger partial charge in [-0.25, -0.2) is 0 Å². The SMILES string of the molecule is C=CCN1[C@H](CO)C[C@](O)(c2ccc(C(F)(F)F)cc2)C[C@@H]1C. The Labute approximate surface area is 134 Å². The summed E-state index contributed by atoms with van der Waals surface area (Å²) in [5, 5.41) is 20.5. The molecule has 1 aromatic carbocycles. The van der Waals surface area contributed by atoms with E-state index in [0.717, 1.165) is 12.1 Å². The van der Waals surface area contributed by atoms with Gasteiger partial charge in [-0.15, -0.1) is 6.58 Å². The number of aliphatic hydroxyl groups excluding tert-OH is 1. The van der Waals surface area contributed by atoms with Gasteiger partial charge in [-0.1, -0.05) is 18.2 Å². The Morgan fingerprint density at radius 2 is 1.91 bits per heavy atom. The van der Waals surface area contributed by atoms with Crippen LogP contribution in [0.15, 0.2) is 36.9 Å². The van der Waals surface area contributed by atoms with Crippen molar-refractivity contribution in [3.05, 3.63) is 48.0 Å². The van der Waals surface area contributed by atoms with Crippen molar-refractivity contribution in [2.75, 3.05) is 13.2 Å². The van der Waals surface area contributed by atoms with Gasteiger partial charge in [-0.2, -0.15) is 13.2 Å². The lowest BCUT2D eigenvalue weighted by molar-refractivity contribution is -0.137. The quantitative estimate of drug-likeness (QED) is 0.835. The minimum absolute atomic E-state index is 0.0220. The van der Waals surface area contributed by atoms with Gasteiger partial charge in [0.2, 0.25) is 0 Å². The van der Waals surface area contributed by atoms with Crippen LogP contribution >= 0.6 is 0 Å². The Morgan fingerprint density at radius 3 is 2.39 bits per heavy atom. The zero-order chi connectivity index (χ0) is 17.3. The number of likely N-dealkylation sites (tertiary alicyclic amines) is 1. The van der Waals surface area contributed by atoms with Gasteiger partial charge in [0.1, 0.15) is 0 Å².